The summed E-state index contributed by atoms with van der Waals surface area (Å²) in [5, 5.41) is 0. The first kappa shape index (κ1) is 26.8. The van der Waals surface area contributed by atoms with Crippen LogP contribution < -0.4 is 24.8 Å². The molecule has 0 amide bonds. The second-order valence-corrected chi connectivity index (χ2v) is 8.77. The van der Waals surface area contributed by atoms with Crippen LogP contribution >= 0.6 is 11.8 Å². The summed E-state index contributed by atoms with van der Waals surface area (Å²) >= 11 is 2.16. The predicted octanol–water partition coefficient (Wildman–Crippen LogP) is 0.276. The van der Waals surface area contributed by atoms with Crippen molar-refractivity contribution >= 4 is 11.8 Å². The summed E-state index contributed by atoms with van der Waals surface area (Å²) in [6, 6.07) is 0. The second kappa shape index (κ2) is 11.3. The first-order valence-corrected chi connectivity index (χ1v) is 9.15. The van der Waals surface area contributed by atoms with E-state index < -0.39 is 0 Å². The van der Waals surface area contributed by atoms with Crippen molar-refractivity contribution in [1.29, 1.82) is 0 Å². The molecule has 0 aromatic carbocycles. The summed E-state index contributed by atoms with van der Waals surface area (Å²) in [6.07, 6.45) is 17.4. The summed E-state index contributed by atoms with van der Waals surface area (Å²) in [5.74, 6) is 1.23. The zero-order valence-corrected chi connectivity index (χ0v) is 19.4. The molecule has 0 N–H and O–H groups in total. The SMILES string of the molecule is CCCSC1(CC2=[C-]CC=C2)CC=C(C)C=C1C(C)(C)C.[Cl-].[Cl-].[Ti+3]. The quantitative estimate of drug-likeness (QED) is 0.455. The van der Waals surface area contributed by atoms with E-state index in [9.17, 15) is 0 Å². The molecule has 2 rings (SSSR count). The zero-order chi connectivity index (χ0) is 15.5. The Morgan fingerprint density at radius 3 is 2.42 bits per heavy atom. The third kappa shape index (κ3) is 6.73. The van der Waals surface area contributed by atoms with Gasteiger partial charge in [-0.1, -0.05) is 45.4 Å². The molecule has 0 aromatic heterocycles. The molecule has 0 aromatic rings. The van der Waals surface area contributed by atoms with E-state index in [0.29, 0.717) is 0 Å². The standard InChI is InChI=1S/C20H29S.2ClH.Ti/c1-6-13-21-20(15-17-9-7-8-10-17)12-11-16(2)14-18(20)19(3,4)5;;;/h7,9,11,14H,6,8,12-13,15H2,1-5H3;2*1H;/q-1;;;+3/p-2. The summed E-state index contributed by atoms with van der Waals surface area (Å²) in [5.41, 5.74) is 4.66. The predicted molar refractivity (Wildman–Crippen MR) is 96.5 cm³/mol. The molecular weight excluding hydrogens is 391 g/mol. The van der Waals surface area contributed by atoms with Crippen LogP contribution in [-0.4, -0.2) is 10.5 Å². The molecule has 1 radical (unpaired) electrons. The number of hydrogen-bond acceptors (Lipinski definition) is 1. The average molecular weight is 420 g/mol. The van der Waals surface area contributed by atoms with Gasteiger partial charge in [0, 0.05) is 4.75 Å². The van der Waals surface area contributed by atoms with E-state index in [0.717, 1.165) is 19.3 Å². The van der Waals surface area contributed by atoms with Gasteiger partial charge in [0.15, 0.2) is 0 Å². The number of rotatable bonds is 5. The van der Waals surface area contributed by atoms with Gasteiger partial charge in [-0.2, -0.15) is 17.8 Å². The van der Waals surface area contributed by atoms with Crippen LogP contribution in [0.15, 0.2) is 41.0 Å². The Labute approximate surface area is 180 Å². The molecule has 2 aliphatic rings. The van der Waals surface area contributed by atoms with Gasteiger partial charge in [-0.15, -0.1) is 6.42 Å². The van der Waals surface area contributed by atoms with E-state index >= 15 is 0 Å². The molecule has 0 bridgehead atoms. The molecule has 0 saturated heterocycles. The Bertz CT molecular complexity index is 512. The molecule has 0 saturated carbocycles. The van der Waals surface area contributed by atoms with E-state index in [1.165, 1.54) is 23.3 Å². The van der Waals surface area contributed by atoms with Crippen molar-refractivity contribution in [2.75, 3.05) is 5.75 Å². The van der Waals surface area contributed by atoms with Crippen LogP contribution in [0.1, 0.15) is 60.3 Å². The summed E-state index contributed by atoms with van der Waals surface area (Å²) in [4.78, 5) is 0. The molecule has 1 unspecified atom stereocenters. The average Bonchev–Trinajstić information content (AvgIpc) is 2.91. The van der Waals surface area contributed by atoms with Crippen LogP contribution in [0.2, 0.25) is 0 Å². The van der Waals surface area contributed by atoms with E-state index in [2.05, 4.69) is 76.8 Å². The van der Waals surface area contributed by atoms with Crippen LogP contribution in [0, 0.1) is 11.5 Å². The largest absolute Gasteiger partial charge is 3.00 e. The maximum Gasteiger partial charge on any atom is 3.00 e. The Kier molecular flexibility index (Phi) is 12.7. The molecule has 0 heterocycles. The van der Waals surface area contributed by atoms with Gasteiger partial charge in [-0.3, -0.25) is 6.08 Å². The number of halogens is 2. The zero-order valence-electron chi connectivity index (χ0n) is 15.5. The van der Waals surface area contributed by atoms with Crippen LogP contribution in [0.5, 0.6) is 0 Å². The molecule has 2 aliphatic carbocycles. The molecular formula is C20H29Cl2STi. The normalized spacial score (nSPS) is 22.5. The first-order chi connectivity index (χ1) is 9.87. The van der Waals surface area contributed by atoms with Gasteiger partial charge in [-0.05, 0) is 42.9 Å². The molecule has 1 atom stereocenters. The topological polar surface area (TPSA) is 0 Å². The fourth-order valence-corrected chi connectivity index (χ4v) is 4.86. The number of allylic oxidation sites excluding steroid dienone is 7. The minimum Gasteiger partial charge on any atom is -1.00 e. The Balaban J connectivity index is 0. The molecule has 24 heavy (non-hydrogen) atoms. The van der Waals surface area contributed by atoms with Crippen LogP contribution in [0.3, 0.4) is 0 Å². The molecule has 4 heteroatoms. The summed E-state index contributed by atoms with van der Waals surface area (Å²) in [7, 11) is 0. The maximum absolute atomic E-state index is 3.53. The van der Waals surface area contributed by atoms with Gasteiger partial charge >= 0.3 is 21.7 Å². The van der Waals surface area contributed by atoms with Gasteiger partial charge in [0.2, 0.25) is 0 Å². The molecule has 0 nitrogen and oxygen atoms in total. The summed E-state index contributed by atoms with van der Waals surface area (Å²) in [6.45, 7) is 11.6. The van der Waals surface area contributed by atoms with Gasteiger partial charge in [0.1, 0.15) is 0 Å². The third-order valence-electron chi connectivity index (χ3n) is 4.25. The van der Waals surface area contributed by atoms with Gasteiger partial charge in [0.25, 0.3) is 0 Å². The first-order valence-electron chi connectivity index (χ1n) is 8.17. The molecule has 0 aliphatic heterocycles. The molecule has 0 spiro atoms. The second-order valence-electron chi connectivity index (χ2n) is 7.29. The molecule has 0 fully saturated rings. The number of hydrogen-bond donors (Lipinski definition) is 0. The van der Waals surface area contributed by atoms with Gasteiger partial charge in [-0.25, -0.2) is 11.6 Å². The van der Waals surface area contributed by atoms with Crippen molar-refractivity contribution in [3.05, 3.63) is 47.1 Å². The van der Waals surface area contributed by atoms with Crippen molar-refractivity contribution in [3.63, 3.8) is 0 Å². The van der Waals surface area contributed by atoms with Gasteiger partial charge in [0.05, 0.1) is 0 Å². The fraction of sp³-hybridized carbons (Fsp3) is 0.600. The van der Waals surface area contributed by atoms with E-state index in [4.69, 9.17) is 0 Å². The third-order valence-corrected chi connectivity index (χ3v) is 5.95. The molecule has 133 valence electrons. The smallest absolute Gasteiger partial charge is 1.00 e. The Morgan fingerprint density at radius 1 is 1.25 bits per heavy atom. The minimum atomic E-state index is 0. The van der Waals surface area contributed by atoms with Crippen molar-refractivity contribution in [1.82, 2.24) is 0 Å². The van der Waals surface area contributed by atoms with Crippen LogP contribution in [-0.2, 0) is 21.7 Å². The fourth-order valence-electron chi connectivity index (χ4n) is 3.29. The van der Waals surface area contributed by atoms with E-state index in [1.807, 2.05) is 0 Å². The van der Waals surface area contributed by atoms with Crippen LogP contribution in [0.4, 0.5) is 0 Å². The van der Waals surface area contributed by atoms with Crippen LogP contribution in [0.25, 0.3) is 0 Å². The number of thioether (sulfide) groups is 1. The van der Waals surface area contributed by atoms with Gasteiger partial charge < -0.3 is 24.8 Å². The minimum absolute atomic E-state index is 0. The monoisotopic (exact) mass is 419 g/mol. The summed E-state index contributed by atoms with van der Waals surface area (Å²) < 4.78 is 0.227. The van der Waals surface area contributed by atoms with Crippen molar-refractivity contribution in [2.45, 2.75) is 65.0 Å². The Morgan fingerprint density at radius 2 is 1.92 bits per heavy atom. The maximum atomic E-state index is 3.53. The van der Waals surface area contributed by atoms with Crippen molar-refractivity contribution in [2.24, 2.45) is 5.41 Å². The van der Waals surface area contributed by atoms with Crippen molar-refractivity contribution in [3.8, 4) is 0 Å². The Hall–Kier alpha value is 0.604. The van der Waals surface area contributed by atoms with Crippen molar-refractivity contribution < 1.29 is 46.5 Å². The van der Waals surface area contributed by atoms with E-state index in [-0.39, 0.29) is 56.7 Å². The van der Waals surface area contributed by atoms with E-state index in [1.54, 1.807) is 5.57 Å².